The van der Waals surface area contributed by atoms with E-state index in [1.807, 2.05) is 0 Å². The summed E-state index contributed by atoms with van der Waals surface area (Å²) in [6, 6.07) is 6.57. The van der Waals surface area contributed by atoms with E-state index >= 15 is 0 Å². The fourth-order valence-corrected chi connectivity index (χ4v) is 4.11. The van der Waals surface area contributed by atoms with E-state index in [2.05, 4.69) is 15.5 Å². The Kier molecular flexibility index (Phi) is 7.80. The molecule has 0 bridgehead atoms. The van der Waals surface area contributed by atoms with Crippen molar-refractivity contribution in [2.75, 3.05) is 39.8 Å². The summed E-state index contributed by atoms with van der Waals surface area (Å²) in [6.45, 7) is 4.38. The number of pyridine rings is 1. The van der Waals surface area contributed by atoms with Crippen molar-refractivity contribution < 1.29 is 22.6 Å². The van der Waals surface area contributed by atoms with Gasteiger partial charge >= 0.3 is 0 Å². The van der Waals surface area contributed by atoms with E-state index in [0.717, 1.165) is 0 Å². The minimum atomic E-state index is -3.54. The predicted octanol–water partition coefficient (Wildman–Crippen LogP) is 2.58. The fourth-order valence-electron chi connectivity index (χ4n) is 2.71. The van der Waals surface area contributed by atoms with Gasteiger partial charge in [-0.25, -0.2) is 13.4 Å². The molecule has 0 saturated carbocycles. The number of anilines is 1. The normalized spacial score (nSPS) is 11.7. The van der Waals surface area contributed by atoms with Gasteiger partial charge in [-0.2, -0.15) is 9.41 Å². The first-order valence-electron chi connectivity index (χ1n) is 8.97. The lowest BCUT2D eigenvalue weighted by molar-refractivity contribution is 0.324. The standard InChI is InChI=1S/C19H26N4O5S/c1-6-23(7-2)29(24,25)15-9-11-17(20-13-15)22-21-12-14-8-10-16(26-3)19(28-5)18(14)27-4/h8-13H,6-7H2,1-5H3,(H,20,22)/b21-12-. The quantitative estimate of drug-likeness (QED) is 0.464. The molecule has 0 saturated heterocycles. The summed E-state index contributed by atoms with van der Waals surface area (Å²) in [4.78, 5) is 4.26. The smallest absolute Gasteiger partial charge is 0.244 e. The second-order valence-electron chi connectivity index (χ2n) is 5.76. The minimum Gasteiger partial charge on any atom is -0.493 e. The third-order valence-electron chi connectivity index (χ3n) is 4.20. The number of rotatable bonds is 10. The van der Waals surface area contributed by atoms with Crippen LogP contribution in [0.3, 0.4) is 0 Å². The van der Waals surface area contributed by atoms with E-state index in [1.165, 1.54) is 30.8 Å². The zero-order valence-electron chi connectivity index (χ0n) is 17.2. The first kappa shape index (κ1) is 22.4. The third kappa shape index (κ3) is 4.96. The van der Waals surface area contributed by atoms with Gasteiger partial charge in [0, 0.05) is 24.8 Å². The van der Waals surface area contributed by atoms with Gasteiger partial charge in [0.1, 0.15) is 10.7 Å². The lowest BCUT2D eigenvalue weighted by atomic mass is 10.2. The van der Waals surface area contributed by atoms with Gasteiger partial charge in [0.25, 0.3) is 0 Å². The predicted molar refractivity (Wildman–Crippen MR) is 112 cm³/mol. The molecule has 2 rings (SSSR count). The molecule has 0 atom stereocenters. The molecule has 1 N–H and O–H groups in total. The van der Waals surface area contributed by atoms with Crippen molar-refractivity contribution in [3.63, 3.8) is 0 Å². The molecule has 1 heterocycles. The minimum absolute atomic E-state index is 0.136. The van der Waals surface area contributed by atoms with Crippen molar-refractivity contribution in [1.29, 1.82) is 0 Å². The highest BCUT2D eigenvalue weighted by Crippen LogP contribution is 2.39. The highest BCUT2D eigenvalue weighted by molar-refractivity contribution is 7.89. The van der Waals surface area contributed by atoms with E-state index in [-0.39, 0.29) is 4.90 Å². The van der Waals surface area contributed by atoms with E-state index < -0.39 is 10.0 Å². The Balaban J connectivity index is 2.18. The Bertz CT molecular complexity index is 942. The summed E-state index contributed by atoms with van der Waals surface area (Å²) >= 11 is 0. The van der Waals surface area contributed by atoms with Crippen LogP contribution < -0.4 is 19.6 Å². The Morgan fingerprint density at radius 1 is 1.03 bits per heavy atom. The lowest BCUT2D eigenvalue weighted by Gasteiger charge is -2.18. The molecule has 2 aromatic rings. The van der Waals surface area contributed by atoms with Crippen molar-refractivity contribution in [2.45, 2.75) is 18.7 Å². The molecule has 0 aliphatic carbocycles. The van der Waals surface area contributed by atoms with Gasteiger partial charge in [0.15, 0.2) is 11.5 Å². The zero-order chi connectivity index (χ0) is 21.4. The van der Waals surface area contributed by atoms with Crippen LogP contribution in [0.15, 0.2) is 40.5 Å². The highest BCUT2D eigenvalue weighted by atomic mass is 32.2. The van der Waals surface area contributed by atoms with Gasteiger partial charge in [-0.1, -0.05) is 13.8 Å². The van der Waals surface area contributed by atoms with Crippen molar-refractivity contribution in [1.82, 2.24) is 9.29 Å². The van der Waals surface area contributed by atoms with Crippen molar-refractivity contribution in [3.8, 4) is 17.2 Å². The number of aromatic nitrogens is 1. The number of hydrazone groups is 1. The van der Waals surface area contributed by atoms with Crippen LogP contribution in [0.5, 0.6) is 17.2 Å². The molecule has 0 radical (unpaired) electrons. The highest BCUT2D eigenvalue weighted by Gasteiger charge is 2.21. The molecule has 0 aliphatic rings. The number of methoxy groups -OCH3 is 3. The average Bonchev–Trinajstić information content (AvgIpc) is 2.74. The number of hydrogen-bond donors (Lipinski definition) is 1. The summed E-state index contributed by atoms with van der Waals surface area (Å²) in [6.07, 6.45) is 2.85. The summed E-state index contributed by atoms with van der Waals surface area (Å²) in [5.74, 6) is 1.88. The van der Waals surface area contributed by atoms with E-state index in [9.17, 15) is 8.42 Å². The van der Waals surface area contributed by atoms with Crippen LogP contribution in [0.25, 0.3) is 0 Å². The van der Waals surface area contributed by atoms with Crippen LogP contribution in [0.2, 0.25) is 0 Å². The van der Waals surface area contributed by atoms with Crippen LogP contribution in [-0.2, 0) is 10.0 Å². The van der Waals surface area contributed by atoms with E-state index in [1.54, 1.807) is 45.4 Å². The van der Waals surface area contributed by atoms with Crippen molar-refractivity contribution in [2.24, 2.45) is 5.10 Å². The molecule has 0 fully saturated rings. The molecular formula is C19H26N4O5S. The van der Waals surface area contributed by atoms with Crippen LogP contribution >= 0.6 is 0 Å². The van der Waals surface area contributed by atoms with E-state index in [4.69, 9.17) is 14.2 Å². The number of ether oxygens (including phenoxy) is 3. The maximum Gasteiger partial charge on any atom is 0.244 e. The van der Waals surface area contributed by atoms with Gasteiger partial charge in [0.2, 0.25) is 15.8 Å². The van der Waals surface area contributed by atoms with E-state index in [0.29, 0.717) is 41.7 Å². The summed E-state index contributed by atoms with van der Waals surface area (Å²) in [5, 5.41) is 4.14. The number of sulfonamides is 1. The zero-order valence-corrected chi connectivity index (χ0v) is 18.0. The van der Waals surface area contributed by atoms with Gasteiger partial charge < -0.3 is 14.2 Å². The first-order chi connectivity index (χ1) is 13.9. The van der Waals surface area contributed by atoms with Gasteiger partial charge in [-0.3, -0.25) is 5.43 Å². The summed E-state index contributed by atoms with van der Waals surface area (Å²) in [5.41, 5.74) is 3.43. The number of nitrogens with one attached hydrogen (secondary N) is 1. The number of nitrogens with zero attached hydrogens (tertiary/aromatic N) is 3. The maximum absolute atomic E-state index is 12.5. The first-order valence-corrected chi connectivity index (χ1v) is 10.4. The lowest BCUT2D eigenvalue weighted by Crippen LogP contribution is -2.30. The number of hydrogen-bond acceptors (Lipinski definition) is 8. The van der Waals surface area contributed by atoms with Gasteiger partial charge in [-0.05, 0) is 24.3 Å². The molecule has 1 aromatic carbocycles. The topological polar surface area (TPSA) is 102 Å². The van der Waals surface area contributed by atoms with Crippen LogP contribution in [0.4, 0.5) is 5.82 Å². The molecule has 29 heavy (non-hydrogen) atoms. The summed E-state index contributed by atoms with van der Waals surface area (Å²) < 4.78 is 42.3. The Hall–Kier alpha value is -2.85. The largest absolute Gasteiger partial charge is 0.493 e. The maximum atomic E-state index is 12.5. The van der Waals surface area contributed by atoms with Crippen LogP contribution in [-0.4, -0.2) is 58.3 Å². The monoisotopic (exact) mass is 422 g/mol. The Morgan fingerprint density at radius 3 is 2.24 bits per heavy atom. The molecule has 158 valence electrons. The molecule has 0 spiro atoms. The van der Waals surface area contributed by atoms with Crippen molar-refractivity contribution in [3.05, 3.63) is 36.0 Å². The van der Waals surface area contributed by atoms with Gasteiger partial charge in [-0.15, -0.1) is 0 Å². The molecule has 0 amide bonds. The SMILES string of the molecule is CCN(CC)S(=O)(=O)c1ccc(N/N=C\c2ccc(OC)c(OC)c2OC)nc1. The molecule has 9 nitrogen and oxygen atoms in total. The second kappa shape index (κ2) is 10.1. The molecule has 10 heteroatoms. The Labute approximate surface area is 171 Å². The average molecular weight is 423 g/mol. The summed E-state index contributed by atoms with van der Waals surface area (Å²) in [7, 11) is 1.05. The van der Waals surface area contributed by atoms with Crippen LogP contribution in [0.1, 0.15) is 19.4 Å². The fraction of sp³-hybridized carbons (Fsp3) is 0.368. The molecule has 0 unspecified atom stereocenters. The molecule has 0 aliphatic heterocycles. The van der Waals surface area contributed by atoms with Crippen LogP contribution in [0, 0.1) is 0 Å². The molecular weight excluding hydrogens is 396 g/mol. The third-order valence-corrected chi connectivity index (χ3v) is 6.23. The Morgan fingerprint density at radius 2 is 1.72 bits per heavy atom. The van der Waals surface area contributed by atoms with Gasteiger partial charge in [0.05, 0.1) is 27.5 Å². The second-order valence-corrected chi connectivity index (χ2v) is 7.70. The molecule has 1 aromatic heterocycles. The number of benzene rings is 1. The van der Waals surface area contributed by atoms with Crippen molar-refractivity contribution >= 4 is 22.1 Å².